The van der Waals surface area contributed by atoms with Gasteiger partial charge in [-0.25, -0.2) is 0 Å². The molecule has 2 atom stereocenters. The van der Waals surface area contributed by atoms with Crippen LogP contribution < -0.4 is 0 Å². The molecule has 1 aliphatic heterocycles. The number of likely N-dealkylation sites (N-methyl/N-ethyl adjacent to an activating group) is 1. The van der Waals surface area contributed by atoms with Crippen LogP contribution in [-0.2, 0) is 0 Å². The van der Waals surface area contributed by atoms with Crippen LogP contribution in [0.1, 0.15) is 23.0 Å². The van der Waals surface area contributed by atoms with Crippen molar-refractivity contribution < 1.29 is 0 Å². The standard InChI is InChI=1S/C17H19N/c1-18-12-16(14-8-4-2-5-9-14)17(13-18)15-10-6-3-7-11-15/h2-11,16-17H,12-13H2,1H3/t16-,17+. The largest absolute Gasteiger partial charge is 0.305 e. The van der Waals surface area contributed by atoms with E-state index in [2.05, 4.69) is 72.6 Å². The second-order valence-corrected chi connectivity index (χ2v) is 5.26. The van der Waals surface area contributed by atoms with Gasteiger partial charge in [-0.3, -0.25) is 0 Å². The van der Waals surface area contributed by atoms with Crippen LogP contribution in [0.25, 0.3) is 0 Å². The van der Waals surface area contributed by atoms with E-state index in [1.54, 1.807) is 0 Å². The Bertz CT molecular complexity index is 444. The smallest absolute Gasteiger partial charge is 0.00539 e. The van der Waals surface area contributed by atoms with E-state index >= 15 is 0 Å². The lowest BCUT2D eigenvalue weighted by molar-refractivity contribution is 0.408. The first-order valence-corrected chi connectivity index (χ1v) is 6.63. The fraction of sp³-hybridized carbons (Fsp3) is 0.294. The molecule has 18 heavy (non-hydrogen) atoms. The van der Waals surface area contributed by atoms with Gasteiger partial charge in [-0.2, -0.15) is 0 Å². The van der Waals surface area contributed by atoms with Crippen LogP contribution in [0.3, 0.4) is 0 Å². The summed E-state index contributed by atoms with van der Waals surface area (Å²) in [6.07, 6.45) is 0. The van der Waals surface area contributed by atoms with Crippen LogP contribution in [0.5, 0.6) is 0 Å². The summed E-state index contributed by atoms with van der Waals surface area (Å²) in [5, 5.41) is 0. The fourth-order valence-corrected chi connectivity index (χ4v) is 3.08. The molecule has 1 nitrogen and oxygen atoms in total. The minimum Gasteiger partial charge on any atom is -0.305 e. The summed E-state index contributed by atoms with van der Waals surface area (Å²) in [7, 11) is 2.22. The van der Waals surface area contributed by atoms with Gasteiger partial charge < -0.3 is 4.90 Å². The summed E-state index contributed by atoms with van der Waals surface area (Å²) in [5.41, 5.74) is 2.94. The van der Waals surface area contributed by atoms with Crippen molar-refractivity contribution >= 4 is 0 Å². The van der Waals surface area contributed by atoms with Crippen molar-refractivity contribution in [3.05, 3.63) is 71.8 Å². The first-order chi connectivity index (χ1) is 8.84. The Morgan fingerprint density at radius 3 is 1.50 bits per heavy atom. The van der Waals surface area contributed by atoms with Crippen LogP contribution in [-0.4, -0.2) is 25.0 Å². The number of rotatable bonds is 2. The lowest BCUT2D eigenvalue weighted by Crippen LogP contribution is -2.13. The molecule has 0 unspecified atom stereocenters. The van der Waals surface area contributed by atoms with Crippen molar-refractivity contribution in [2.24, 2.45) is 0 Å². The number of benzene rings is 2. The Kier molecular flexibility index (Phi) is 3.16. The summed E-state index contributed by atoms with van der Waals surface area (Å²) >= 11 is 0. The summed E-state index contributed by atoms with van der Waals surface area (Å²) in [6.45, 7) is 2.31. The molecular weight excluding hydrogens is 218 g/mol. The zero-order chi connectivity index (χ0) is 12.4. The maximum absolute atomic E-state index is 2.44. The quantitative estimate of drug-likeness (QED) is 0.772. The van der Waals surface area contributed by atoms with Crippen molar-refractivity contribution in [2.75, 3.05) is 20.1 Å². The second kappa shape index (κ2) is 4.95. The van der Waals surface area contributed by atoms with Crippen LogP contribution >= 0.6 is 0 Å². The minimum atomic E-state index is 0.624. The summed E-state index contributed by atoms with van der Waals surface area (Å²) in [5.74, 6) is 1.25. The average Bonchev–Trinajstić information content (AvgIpc) is 2.83. The van der Waals surface area contributed by atoms with Crippen molar-refractivity contribution in [1.29, 1.82) is 0 Å². The van der Waals surface area contributed by atoms with E-state index in [4.69, 9.17) is 0 Å². The second-order valence-electron chi connectivity index (χ2n) is 5.26. The van der Waals surface area contributed by atoms with E-state index in [0.29, 0.717) is 11.8 Å². The maximum atomic E-state index is 2.44. The SMILES string of the molecule is CN1C[C@H](c2ccccc2)[C@H](c2ccccc2)C1. The van der Waals surface area contributed by atoms with Gasteiger partial charge in [0.1, 0.15) is 0 Å². The molecule has 92 valence electrons. The third-order valence-electron chi connectivity index (χ3n) is 3.96. The van der Waals surface area contributed by atoms with Gasteiger partial charge in [0.25, 0.3) is 0 Å². The van der Waals surface area contributed by atoms with Crippen LogP contribution in [0.4, 0.5) is 0 Å². The Morgan fingerprint density at radius 1 is 0.722 bits per heavy atom. The van der Waals surface area contributed by atoms with Crippen LogP contribution in [0.2, 0.25) is 0 Å². The van der Waals surface area contributed by atoms with E-state index in [1.165, 1.54) is 11.1 Å². The highest BCUT2D eigenvalue weighted by atomic mass is 15.1. The highest BCUT2D eigenvalue weighted by molar-refractivity contribution is 5.31. The zero-order valence-electron chi connectivity index (χ0n) is 10.8. The first kappa shape index (κ1) is 11.5. The molecule has 0 spiro atoms. The van der Waals surface area contributed by atoms with Gasteiger partial charge in [0, 0.05) is 24.9 Å². The molecule has 0 radical (unpaired) electrons. The van der Waals surface area contributed by atoms with Gasteiger partial charge in [0.15, 0.2) is 0 Å². The molecule has 1 aliphatic rings. The van der Waals surface area contributed by atoms with E-state index in [9.17, 15) is 0 Å². The lowest BCUT2D eigenvalue weighted by atomic mass is 9.84. The molecule has 0 aromatic heterocycles. The van der Waals surface area contributed by atoms with E-state index in [-0.39, 0.29) is 0 Å². The summed E-state index contributed by atoms with van der Waals surface area (Å²) in [4.78, 5) is 2.44. The molecule has 0 amide bonds. The van der Waals surface area contributed by atoms with Gasteiger partial charge in [-0.1, -0.05) is 60.7 Å². The van der Waals surface area contributed by atoms with E-state index in [1.807, 2.05) is 0 Å². The van der Waals surface area contributed by atoms with Crippen molar-refractivity contribution in [2.45, 2.75) is 11.8 Å². The number of likely N-dealkylation sites (tertiary alicyclic amines) is 1. The number of nitrogens with zero attached hydrogens (tertiary/aromatic N) is 1. The topological polar surface area (TPSA) is 3.24 Å². The number of hydrogen-bond donors (Lipinski definition) is 0. The van der Waals surface area contributed by atoms with Crippen LogP contribution in [0, 0.1) is 0 Å². The molecule has 2 aromatic carbocycles. The van der Waals surface area contributed by atoms with Crippen LogP contribution in [0.15, 0.2) is 60.7 Å². The molecule has 3 rings (SSSR count). The molecule has 0 bridgehead atoms. The molecule has 1 heteroatoms. The lowest BCUT2D eigenvalue weighted by Gasteiger charge is -2.19. The first-order valence-electron chi connectivity index (χ1n) is 6.63. The average molecular weight is 237 g/mol. The van der Waals surface area contributed by atoms with Gasteiger partial charge in [-0.05, 0) is 18.2 Å². The predicted octanol–water partition coefficient (Wildman–Crippen LogP) is 3.50. The van der Waals surface area contributed by atoms with E-state index in [0.717, 1.165) is 13.1 Å². The fourth-order valence-electron chi connectivity index (χ4n) is 3.08. The maximum Gasteiger partial charge on any atom is 0.00539 e. The summed E-state index contributed by atoms with van der Waals surface area (Å²) < 4.78 is 0. The van der Waals surface area contributed by atoms with Gasteiger partial charge in [0.2, 0.25) is 0 Å². The van der Waals surface area contributed by atoms with Gasteiger partial charge >= 0.3 is 0 Å². The molecule has 0 aliphatic carbocycles. The molecular formula is C17H19N. The normalized spacial score (nSPS) is 24.3. The third kappa shape index (κ3) is 2.19. The predicted molar refractivity (Wildman–Crippen MR) is 75.9 cm³/mol. The van der Waals surface area contributed by atoms with Gasteiger partial charge in [-0.15, -0.1) is 0 Å². The van der Waals surface area contributed by atoms with Crippen molar-refractivity contribution in [3.63, 3.8) is 0 Å². The molecule has 1 heterocycles. The van der Waals surface area contributed by atoms with E-state index < -0.39 is 0 Å². The highest BCUT2D eigenvalue weighted by Gasteiger charge is 2.32. The Balaban J connectivity index is 1.93. The zero-order valence-corrected chi connectivity index (χ0v) is 10.8. The molecule has 2 aromatic rings. The van der Waals surface area contributed by atoms with Gasteiger partial charge in [0.05, 0.1) is 0 Å². The highest BCUT2D eigenvalue weighted by Crippen LogP contribution is 2.38. The Labute approximate surface area is 109 Å². The third-order valence-corrected chi connectivity index (χ3v) is 3.96. The Hall–Kier alpha value is -1.60. The van der Waals surface area contributed by atoms with Crippen molar-refractivity contribution in [1.82, 2.24) is 4.90 Å². The van der Waals surface area contributed by atoms with Crippen molar-refractivity contribution in [3.8, 4) is 0 Å². The number of hydrogen-bond acceptors (Lipinski definition) is 1. The molecule has 0 saturated carbocycles. The summed E-state index contributed by atoms with van der Waals surface area (Å²) in [6, 6.07) is 21.8. The monoisotopic (exact) mass is 237 g/mol. The minimum absolute atomic E-state index is 0.624. The molecule has 1 fully saturated rings. The molecule has 1 saturated heterocycles. The molecule has 0 N–H and O–H groups in total. The Morgan fingerprint density at radius 2 is 1.11 bits per heavy atom.